The van der Waals surface area contributed by atoms with E-state index in [0.717, 1.165) is 15.6 Å². The first-order valence-electron chi connectivity index (χ1n) is 10.9. The van der Waals surface area contributed by atoms with Gasteiger partial charge in [0.2, 0.25) is 0 Å². The molecule has 0 unspecified atom stereocenters. The number of halogens is 1. The van der Waals surface area contributed by atoms with E-state index >= 15 is 0 Å². The van der Waals surface area contributed by atoms with Crippen LogP contribution in [-0.2, 0) is 9.59 Å². The summed E-state index contributed by atoms with van der Waals surface area (Å²) in [6.07, 6.45) is 1.72. The number of rotatable bonds is 3. The first-order valence-corrected chi connectivity index (χ1v) is 11.7. The monoisotopic (exact) mass is 498 g/mol. The van der Waals surface area contributed by atoms with Gasteiger partial charge < -0.3 is 0 Å². The third-order valence-corrected chi connectivity index (χ3v) is 7.57. The molecule has 6 heteroatoms. The molecule has 2 heterocycles. The molecular formula is C27H19BrN2O3. The molecule has 2 fully saturated rings. The lowest BCUT2D eigenvalue weighted by Crippen LogP contribution is -2.41. The van der Waals surface area contributed by atoms with Crippen molar-refractivity contribution in [2.45, 2.75) is 18.0 Å². The summed E-state index contributed by atoms with van der Waals surface area (Å²) in [6, 6.07) is 22.8. The summed E-state index contributed by atoms with van der Waals surface area (Å²) in [6.45, 7) is 0. The molecule has 0 amide bonds. The summed E-state index contributed by atoms with van der Waals surface area (Å²) in [7, 11) is 0. The van der Waals surface area contributed by atoms with Crippen LogP contribution in [0.25, 0.3) is 0 Å². The standard InChI is InChI=1S/C27H19BrN2O3/c28-18-12-10-16(11-13-18)25(31)24-22-21(23-19-9-5-4-8-17(19)14-29-30(23)24)26(32)20(27(22)33)15-6-2-1-3-7-15/h1-14,20-24H/t20-,21-,22-,23-,24+/m1/s1. The van der Waals surface area contributed by atoms with E-state index < -0.39 is 29.8 Å². The number of nitrogens with zero attached hydrogens (tertiary/aromatic N) is 2. The van der Waals surface area contributed by atoms with Crippen LogP contribution in [0.5, 0.6) is 0 Å². The molecule has 3 aromatic carbocycles. The molecule has 1 saturated heterocycles. The summed E-state index contributed by atoms with van der Waals surface area (Å²) in [5.74, 6) is -2.70. The second-order valence-corrected chi connectivity index (χ2v) is 9.63. The Balaban J connectivity index is 1.50. The summed E-state index contributed by atoms with van der Waals surface area (Å²) in [5.41, 5.74) is 3.04. The zero-order valence-corrected chi connectivity index (χ0v) is 19.1. The Bertz CT molecular complexity index is 1320. The zero-order valence-electron chi connectivity index (χ0n) is 17.5. The minimum Gasteiger partial charge on any atom is -0.298 e. The molecule has 6 rings (SSSR count). The SMILES string of the molecule is O=C1[C@H](c2ccccc2)C(=O)[C@@H]2[C@@H]1[C@@H](C(=O)c1ccc(Br)cc1)N1N=Cc3ccccc3[C@H]21. The number of hydrogen-bond donors (Lipinski definition) is 0. The topological polar surface area (TPSA) is 66.8 Å². The van der Waals surface area contributed by atoms with Crippen molar-refractivity contribution in [1.82, 2.24) is 5.01 Å². The van der Waals surface area contributed by atoms with Crippen LogP contribution in [0.4, 0.5) is 0 Å². The van der Waals surface area contributed by atoms with Gasteiger partial charge in [0.05, 0.1) is 24.1 Å². The number of carbonyl (C=O) groups excluding carboxylic acids is 3. The summed E-state index contributed by atoms with van der Waals surface area (Å²) >= 11 is 3.40. The van der Waals surface area contributed by atoms with Crippen molar-refractivity contribution in [3.63, 3.8) is 0 Å². The first-order chi connectivity index (χ1) is 16.1. The highest BCUT2D eigenvalue weighted by molar-refractivity contribution is 9.10. The molecule has 3 aliphatic rings. The minimum absolute atomic E-state index is 0.121. The van der Waals surface area contributed by atoms with Gasteiger partial charge in [0.1, 0.15) is 12.0 Å². The van der Waals surface area contributed by atoms with Crippen LogP contribution in [0.3, 0.4) is 0 Å². The van der Waals surface area contributed by atoms with Gasteiger partial charge in [-0.05, 0) is 28.8 Å². The number of hydrogen-bond acceptors (Lipinski definition) is 5. The first kappa shape index (κ1) is 20.2. The van der Waals surface area contributed by atoms with Crippen LogP contribution in [-0.4, -0.2) is 34.6 Å². The van der Waals surface area contributed by atoms with Crippen LogP contribution < -0.4 is 0 Å². The Morgan fingerprint density at radius 3 is 2.24 bits per heavy atom. The van der Waals surface area contributed by atoms with Gasteiger partial charge in [-0.15, -0.1) is 0 Å². The Kier molecular flexibility index (Phi) is 4.66. The van der Waals surface area contributed by atoms with Crippen LogP contribution in [0, 0.1) is 11.8 Å². The van der Waals surface area contributed by atoms with Gasteiger partial charge in [-0.3, -0.25) is 19.4 Å². The molecule has 5 nitrogen and oxygen atoms in total. The average molecular weight is 499 g/mol. The predicted molar refractivity (Wildman–Crippen MR) is 127 cm³/mol. The van der Waals surface area contributed by atoms with Gasteiger partial charge in [0.25, 0.3) is 0 Å². The lowest BCUT2D eigenvalue weighted by Gasteiger charge is -2.33. The van der Waals surface area contributed by atoms with E-state index in [1.54, 1.807) is 35.5 Å². The molecule has 1 saturated carbocycles. The molecule has 0 radical (unpaired) electrons. The van der Waals surface area contributed by atoms with Crippen molar-refractivity contribution < 1.29 is 14.4 Å². The maximum absolute atomic E-state index is 13.8. The number of benzene rings is 3. The average Bonchev–Trinajstić information content (AvgIpc) is 3.32. The van der Waals surface area contributed by atoms with Crippen molar-refractivity contribution in [1.29, 1.82) is 0 Å². The fourth-order valence-corrected chi connectivity index (χ4v) is 5.90. The van der Waals surface area contributed by atoms with Crippen LogP contribution in [0.2, 0.25) is 0 Å². The lowest BCUT2D eigenvalue weighted by atomic mass is 9.83. The minimum atomic E-state index is -0.846. The second-order valence-electron chi connectivity index (χ2n) is 8.71. The van der Waals surface area contributed by atoms with E-state index in [1.807, 2.05) is 54.6 Å². The van der Waals surface area contributed by atoms with Gasteiger partial charge in [0.15, 0.2) is 17.3 Å². The van der Waals surface area contributed by atoms with Gasteiger partial charge in [-0.2, -0.15) is 5.10 Å². The number of Topliss-reactive ketones (excluding diaryl/α,β-unsaturated/α-hetero) is 3. The van der Waals surface area contributed by atoms with E-state index in [9.17, 15) is 14.4 Å². The van der Waals surface area contributed by atoms with Crippen molar-refractivity contribution in [2.75, 3.05) is 0 Å². The highest BCUT2D eigenvalue weighted by Crippen LogP contribution is 2.55. The maximum atomic E-state index is 13.8. The number of carbonyl (C=O) groups is 3. The molecular weight excluding hydrogens is 480 g/mol. The van der Waals surface area contributed by atoms with E-state index in [4.69, 9.17) is 0 Å². The summed E-state index contributed by atoms with van der Waals surface area (Å²) in [4.78, 5) is 41.4. The van der Waals surface area contributed by atoms with Gasteiger partial charge in [-0.25, -0.2) is 0 Å². The number of ketones is 3. The molecule has 0 bridgehead atoms. The van der Waals surface area contributed by atoms with E-state index in [2.05, 4.69) is 21.0 Å². The van der Waals surface area contributed by atoms with Crippen molar-refractivity contribution in [3.05, 3.63) is 106 Å². The summed E-state index contributed by atoms with van der Waals surface area (Å²) in [5, 5.41) is 6.31. The maximum Gasteiger partial charge on any atom is 0.187 e. The van der Waals surface area contributed by atoms with Crippen molar-refractivity contribution >= 4 is 39.5 Å². The quantitative estimate of drug-likeness (QED) is 0.391. The molecule has 162 valence electrons. The van der Waals surface area contributed by atoms with E-state index in [1.165, 1.54) is 0 Å². The molecule has 0 spiro atoms. The third-order valence-electron chi connectivity index (χ3n) is 7.04. The van der Waals surface area contributed by atoms with Gasteiger partial charge in [0, 0.05) is 10.0 Å². The van der Waals surface area contributed by atoms with Gasteiger partial charge in [-0.1, -0.05) is 82.7 Å². The molecule has 5 atom stereocenters. The van der Waals surface area contributed by atoms with Crippen LogP contribution >= 0.6 is 15.9 Å². The highest BCUT2D eigenvalue weighted by atomic mass is 79.9. The molecule has 0 aromatic heterocycles. The molecule has 1 aliphatic carbocycles. The molecule has 3 aromatic rings. The van der Waals surface area contributed by atoms with Crippen molar-refractivity contribution in [3.8, 4) is 0 Å². The number of fused-ring (bicyclic) bond motifs is 5. The zero-order chi connectivity index (χ0) is 22.7. The number of hydrazone groups is 1. The van der Waals surface area contributed by atoms with Crippen molar-refractivity contribution in [2.24, 2.45) is 16.9 Å². The molecule has 0 N–H and O–H groups in total. The Labute approximate surface area is 199 Å². The Morgan fingerprint density at radius 2 is 1.48 bits per heavy atom. The molecule has 33 heavy (non-hydrogen) atoms. The summed E-state index contributed by atoms with van der Waals surface area (Å²) < 4.78 is 0.863. The largest absolute Gasteiger partial charge is 0.298 e. The van der Waals surface area contributed by atoms with Crippen LogP contribution in [0.1, 0.15) is 39.0 Å². The normalized spacial score (nSPS) is 27.3. The Hall–Kier alpha value is -3.38. The van der Waals surface area contributed by atoms with E-state index in [0.29, 0.717) is 11.1 Å². The smallest absolute Gasteiger partial charge is 0.187 e. The third kappa shape index (κ3) is 2.97. The fourth-order valence-electron chi connectivity index (χ4n) is 5.63. The van der Waals surface area contributed by atoms with E-state index in [-0.39, 0.29) is 17.3 Å². The lowest BCUT2D eigenvalue weighted by molar-refractivity contribution is -0.126. The second kappa shape index (κ2) is 7.59. The van der Waals surface area contributed by atoms with Crippen LogP contribution in [0.15, 0.2) is 88.4 Å². The van der Waals surface area contributed by atoms with Gasteiger partial charge >= 0.3 is 0 Å². The highest BCUT2D eigenvalue weighted by Gasteiger charge is 2.65. The fraction of sp³-hybridized carbons (Fsp3) is 0.185. The predicted octanol–water partition coefficient (Wildman–Crippen LogP) is 4.57. The Morgan fingerprint density at radius 1 is 0.818 bits per heavy atom. The molecule has 2 aliphatic heterocycles.